The number of nitrogens with zero attached hydrogens (tertiary/aromatic N) is 3. The number of anilines is 1. The van der Waals surface area contributed by atoms with Gasteiger partial charge in [0.05, 0.1) is 18.0 Å². The lowest BCUT2D eigenvalue weighted by Gasteiger charge is -2.35. The molecule has 0 spiro atoms. The zero-order chi connectivity index (χ0) is 14.3. The number of hydrogen-bond donors (Lipinski definition) is 2. The molecule has 0 unspecified atom stereocenters. The predicted molar refractivity (Wildman–Crippen MR) is 73.1 cm³/mol. The molecule has 1 aliphatic heterocycles. The van der Waals surface area contributed by atoms with Crippen LogP contribution in [-0.2, 0) is 9.47 Å². The highest BCUT2D eigenvalue weighted by Crippen LogP contribution is 2.32. The van der Waals surface area contributed by atoms with Gasteiger partial charge in [-0.1, -0.05) is 0 Å². The molecule has 7 nitrogen and oxygen atoms in total. The second kappa shape index (κ2) is 5.01. The van der Waals surface area contributed by atoms with E-state index in [9.17, 15) is 5.11 Å². The van der Waals surface area contributed by atoms with Crippen molar-refractivity contribution < 1.29 is 14.6 Å². The quantitative estimate of drug-likeness (QED) is 0.836. The van der Waals surface area contributed by atoms with Gasteiger partial charge in [0, 0.05) is 12.8 Å². The first-order valence-electron chi connectivity index (χ1n) is 6.54. The molecule has 1 aliphatic rings. The van der Waals surface area contributed by atoms with Crippen molar-refractivity contribution in [3.8, 4) is 0 Å². The Morgan fingerprint density at radius 1 is 1.50 bits per heavy atom. The van der Waals surface area contributed by atoms with Gasteiger partial charge < -0.3 is 24.9 Å². The van der Waals surface area contributed by atoms with Gasteiger partial charge in [0.25, 0.3) is 0 Å². The summed E-state index contributed by atoms with van der Waals surface area (Å²) < 4.78 is 12.6. The average Bonchev–Trinajstić information content (AvgIpc) is 2.77. The Kier molecular flexibility index (Phi) is 3.33. The number of aromatic nitrogens is 3. The number of nitrogens with two attached hydrogens (primary N) is 1. The number of nitrogen functional groups attached to an aromatic ring is 1. The molecular weight excluding hydrogens is 260 g/mol. The fraction of sp³-hybridized carbons (Fsp3) is 0.538. The third kappa shape index (κ3) is 1.94. The molecule has 0 amide bonds. The first-order chi connectivity index (χ1) is 9.63. The van der Waals surface area contributed by atoms with Gasteiger partial charge in [-0.15, -0.1) is 0 Å². The number of fused-ring (bicyclic) bond motifs is 1. The van der Waals surface area contributed by atoms with Gasteiger partial charge in [-0.2, -0.15) is 0 Å². The summed E-state index contributed by atoms with van der Waals surface area (Å²) in [6.07, 6.45) is 0.756. The van der Waals surface area contributed by atoms with E-state index in [1.54, 1.807) is 0 Å². The van der Waals surface area contributed by atoms with E-state index in [0.717, 1.165) is 16.7 Å². The molecule has 7 heteroatoms. The SMILES string of the molecule is CO[C@H]1OCC[C@H](n2c(C)cc3c(N)ncnc32)[C@@H]1O. The van der Waals surface area contributed by atoms with E-state index in [-0.39, 0.29) is 6.04 Å². The van der Waals surface area contributed by atoms with Gasteiger partial charge in [-0.25, -0.2) is 9.97 Å². The fourth-order valence-corrected chi connectivity index (χ4v) is 2.84. The van der Waals surface area contributed by atoms with Crippen molar-refractivity contribution in [3.05, 3.63) is 18.1 Å². The lowest BCUT2D eigenvalue weighted by molar-refractivity contribution is -0.215. The zero-order valence-electron chi connectivity index (χ0n) is 11.5. The van der Waals surface area contributed by atoms with Gasteiger partial charge >= 0.3 is 0 Å². The highest BCUT2D eigenvalue weighted by Gasteiger charge is 2.35. The van der Waals surface area contributed by atoms with Gasteiger partial charge in [-0.05, 0) is 19.4 Å². The van der Waals surface area contributed by atoms with Crippen molar-refractivity contribution in [2.24, 2.45) is 0 Å². The number of aliphatic hydroxyl groups excluding tert-OH is 1. The summed E-state index contributed by atoms with van der Waals surface area (Å²) in [5, 5.41) is 11.2. The summed E-state index contributed by atoms with van der Waals surface area (Å²) in [4.78, 5) is 8.30. The monoisotopic (exact) mass is 278 g/mol. The Morgan fingerprint density at radius 3 is 3.05 bits per heavy atom. The number of methoxy groups -OCH3 is 1. The maximum absolute atomic E-state index is 10.4. The van der Waals surface area contributed by atoms with Crippen molar-refractivity contribution >= 4 is 16.9 Å². The molecule has 20 heavy (non-hydrogen) atoms. The maximum Gasteiger partial charge on any atom is 0.185 e. The van der Waals surface area contributed by atoms with Crippen molar-refractivity contribution in [3.63, 3.8) is 0 Å². The molecule has 0 aromatic carbocycles. The predicted octanol–water partition coefficient (Wildman–Crippen LogP) is 0.617. The van der Waals surface area contributed by atoms with Crippen molar-refractivity contribution in [1.82, 2.24) is 14.5 Å². The summed E-state index contributed by atoms with van der Waals surface area (Å²) in [7, 11) is 1.52. The number of ether oxygens (including phenoxy) is 2. The van der Waals surface area contributed by atoms with Crippen LogP contribution in [0.3, 0.4) is 0 Å². The topological polar surface area (TPSA) is 95.4 Å². The van der Waals surface area contributed by atoms with E-state index >= 15 is 0 Å². The highest BCUT2D eigenvalue weighted by molar-refractivity contribution is 5.87. The van der Waals surface area contributed by atoms with Crippen LogP contribution in [0.25, 0.3) is 11.0 Å². The van der Waals surface area contributed by atoms with Crippen LogP contribution in [0.4, 0.5) is 5.82 Å². The van der Waals surface area contributed by atoms with Crippen LogP contribution in [0.1, 0.15) is 18.2 Å². The first kappa shape index (κ1) is 13.3. The molecule has 3 N–H and O–H groups in total. The molecule has 3 rings (SSSR count). The van der Waals surface area contributed by atoms with Crippen LogP contribution < -0.4 is 5.73 Å². The molecule has 1 fully saturated rings. The summed E-state index contributed by atoms with van der Waals surface area (Å²) in [6, 6.07) is 1.79. The Balaban J connectivity index is 2.09. The minimum atomic E-state index is -0.751. The van der Waals surface area contributed by atoms with Crippen LogP contribution in [0.15, 0.2) is 12.4 Å². The lowest BCUT2D eigenvalue weighted by atomic mass is 10.0. The molecule has 2 aromatic rings. The van der Waals surface area contributed by atoms with Gasteiger partial charge in [0.2, 0.25) is 0 Å². The van der Waals surface area contributed by atoms with Crippen molar-refractivity contribution in [2.45, 2.75) is 31.8 Å². The van der Waals surface area contributed by atoms with Crippen LogP contribution >= 0.6 is 0 Å². The molecule has 0 bridgehead atoms. The van der Waals surface area contributed by atoms with Crippen LogP contribution in [-0.4, -0.2) is 45.8 Å². The van der Waals surface area contributed by atoms with Crippen molar-refractivity contribution in [2.75, 3.05) is 19.5 Å². The van der Waals surface area contributed by atoms with Gasteiger partial charge in [0.15, 0.2) is 6.29 Å². The fourth-order valence-electron chi connectivity index (χ4n) is 2.84. The molecular formula is C13H18N4O3. The van der Waals surface area contributed by atoms with Crippen LogP contribution in [0, 0.1) is 6.92 Å². The minimum Gasteiger partial charge on any atom is -0.386 e. The Bertz CT molecular complexity index is 627. The second-order valence-corrected chi connectivity index (χ2v) is 4.97. The summed E-state index contributed by atoms with van der Waals surface area (Å²) in [5.74, 6) is 0.446. The van der Waals surface area contributed by atoms with Gasteiger partial charge in [-0.3, -0.25) is 0 Å². The normalized spacial score (nSPS) is 27.1. The Hall–Kier alpha value is -1.70. The summed E-state index contributed by atoms with van der Waals surface area (Å²) >= 11 is 0. The van der Waals surface area contributed by atoms with E-state index in [4.69, 9.17) is 15.2 Å². The number of aryl methyl sites for hydroxylation is 1. The third-order valence-electron chi connectivity index (χ3n) is 3.79. The number of rotatable bonds is 2. The molecule has 3 atom stereocenters. The molecule has 0 aliphatic carbocycles. The van der Waals surface area contributed by atoms with Crippen molar-refractivity contribution in [1.29, 1.82) is 0 Å². The molecule has 108 valence electrons. The third-order valence-corrected chi connectivity index (χ3v) is 3.79. The van der Waals surface area contributed by atoms with Crippen LogP contribution in [0.2, 0.25) is 0 Å². The van der Waals surface area contributed by atoms with E-state index in [1.807, 2.05) is 17.6 Å². The highest BCUT2D eigenvalue weighted by atomic mass is 16.7. The maximum atomic E-state index is 10.4. The van der Waals surface area contributed by atoms with E-state index in [1.165, 1.54) is 13.4 Å². The molecule has 0 saturated carbocycles. The van der Waals surface area contributed by atoms with E-state index in [0.29, 0.717) is 18.8 Å². The molecule has 3 heterocycles. The van der Waals surface area contributed by atoms with E-state index in [2.05, 4.69) is 9.97 Å². The van der Waals surface area contributed by atoms with E-state index < -0.39 is 12.4 Å². The van der Waals surface area contributed by atoms with Crippen LogP contribution in [0.5, 0.6) is 0 Å². The molecule has 2 aromatic heterocycles. The number of aliphatic hydroxyl groups is 1. The summed E-state index contributed by atoms with van der Waals surface area (Å²) in [6.45, 7) is 2.49. The lowest BCUT2D eigenvalue weighted by Crippen LogP contribution is -2.43. The standard InChI is InChI=1S/C13H18N4O3/c1-7-5-8-11(14)15-6-16-12(8)17(7)9-3-4-20-13(19-2)10(9)18/h5-6,9-10,13,18H,3-4H2,1-2H3,(H2,14,15,16)/t9-,10-,13-/m0/s1. The first-order valence-corrected chi connectivity index (χ1v) is 6.54. The average molecular weight is 278 g/mol. The molecule has 0 radical (unpaired) electrons. The largest absolute Gasteiger partial charge is 0.386 e. The summed E-state index contributed by atoms with van der Waals surface area (Å²) in [5.41, 5.74) is 7.59. The Labute approximate surface area is 116 Å². The second-order valence-electron chi connectivity index (χ2n) is 4.97. The smallest absolute Gasteiger partial charge is 0.185 e. The minimum absolute atomic E-state index is 0.152. The van der Waals surface area contributed by atoms with Gasteiger partial charge in [0.1, 0.15) is 23.9 Å². The zero-order valence-corrected chi connectivity index (χ0v) is 11.5. The number of hydrogen-bond acceptors (Lipinski definition) is 6. The Morgan fingerprint density at radius 2 is 2.30 bits per heavy atom. The molecule has 1 saturated heterocycles.